The number of hydrogen-bond acceptors (Lipinski definition) is 5. The Morgan fingerprint density at radius 3 is 2.52 bits per heavy atom. The molecular formula is C23H28BrN3O3S. The molecule has 1 aliphatic heterocycles. The highest BCUT2D eigenvalue weighted by Crippen LogP contribution is 2.29. The van der Waals surface area contributed by atoms with Crippen LogP contribution in [0.15, 0.2) is 40.9 Å². The molecule has 2 aromatic rings. The zero-order valence-electron chi connectivity index (χ0n) is 18.1. The van der Waals surface area contributed by atoms with Crippen LogP contribution in [-0.4, -0.2) is 67.1 Å². The number of benzene rings is 2. The molecule has 31 heavy (non-hydrogen) atoms. The van der Waals surface area contributed by atoms with Crippen molar-refractivity contribution in [2.75, 3.05) is 51.8 Å². The average molecular weight is 506 g/mol. The minimum absolute atomic E-state index is 0.116. The monoisotopic (exact) mass is 505 g/mol. The van der Waals surface area contributed by atoms with E-state index in [2.05, 4.69) is 38.0 Å². The number of likely N-dealkylation sites (N-methyl/N-ethyl adjacent to an activating group) is 1. The number of piperazine rings is 1. The molecule has 0 radical (unpaired) electrons. The molecule has 1 aliphatic rings. The summed E-state index contributed by atoms with van der Waals surface area (Å²) in [5, 5.41) is 2.87. The Kier molecular flexibility index (Phi) is 8.28. The van der Waals surface area contributed by atoms with Crippen LogP contribution in [0.25, 0.3) is 0 Å². The van der Waals surface area contributed by atoms with Crippen molar-refractivity contribution < 1.29 is 14.3 Å². The summed E-state index contributed by atoms with van der Waals surface area (Å²) in [6, 6.07) is 11.3. The lowest BCUT2D eigenvalue weighted by molar-refractivity contribution is -0.118. The summed E-state index contributed by atoms with van der Waals surface area (Å²) in [5.74, 6) is 0.827. The lowest BCUT2D eigenvalue weighted by Gasteiger charge is -2.35. The summed E-state index contributed by atoms with van der Waals surface area (Å²) in [5.41, 5.74) is 2.64. The van der Waals surface area contributed by atoms with Crippen molar-refractivity contribution >= 4 is 44.7 Å². The number of anilines is 1. The van der Waals surface area contributed by atoms with Crippen LogP contribution >= 0.6 is 28.1 Å². The van der Waals surface area contributed by atoms with E-state index in [0.29, 0.717) is 11.5 Å². The molecule has 0 saturated carbocycles. The molecule has 8 heteroatoms. The number of rotatable bonds is 7. The smallest absolute Gasteiger partial charge is 0.262 e. The van der Waals surface area contributed by atoms with Crippen LogP contribution in [0, 0.1) is 6.92 Å². The first kappa shape index (κ1) is 23.5. The van der Waals surface area contributed by atoms with Crippen molar-refractivity contribution in [2.45, 2.75) is 13.8 Å². The number of ether oxygens (including phenoxy) is 2. The third-order valence-corrected chi connectivity index (χ3v) is 6.33. The molecule has 166 valence electrons. The van der Waals surface area contributed by atoms with Crippen molar-refractivity contribution in [2.24, 2.45) is 0 Å². The van der Waals surface area contributed by atoms with E-state index in [0.717, 1.165) is 59.0 Å². The van der Waals surface area contributed by atoms with Crippen LogP contribution in [0.2, 0.25) is 0 Å². The highest BCUT2D eigenvalue weighted by Gasteiger charge is 2.20. The number of halogens is 1. The van der Waals surface area contributed by atoms with Crippen molar-refractivity contribution in [1.29, 1.82) is 0 Å². The average Bonchev–Trinajstić information content (AvgIpc) is 2.79. The quantitative estimate of drug-likeness (QED) is 0.571. The number of nitrogens with one attached hydrogen (secondary N) is 1. The van der Waals surface area contributed by atoms with Gasteiger partial charge in [-0.25, -0.2) is 0 Å². The maximum Gasteiger partial charge on any atom is 0.262 e. The first-order valence-electron chi connectivity index (χ1n) is 10.3. The molecule has 6 nitrogen and oxygen atoms in total. The van der Waals surface area contributed by atoms with Gasteiger partial charge >= 0.3 is 0 Å². The van der Waals surface area contributed by atoms with Gasteiger partial charge in [0.05, 0.1) is 7.11 Å². The summed E-state index contributed by atoms with van der Waals surface area (Å²) in [4.78, 5) is 17.8. The van der Waals surface area contributed by atoms with E-state index in [1.165, 1.54) is 0 Å². The molecule has 3 rings (SSSR count). The maximum absolute atomic E-state index is 12.3. The minimum Gasteiger partial charge on any atom is -0.493 e. The van der Waals surface area contributed by atoms with E-state index in [1.54, 1.807) is 13.2 Å². The fraction of sp³-hybridized carbons (Fsp3) is 0.391. The Balaban J connectivity index is 1.60. The van der Waals surface area contributed by atoms with E-state index in [-0.39, 0.29) is 12.5 Å². The number of hydrogen-bond donors (Lipinski definition) is 1. The molecule has 1 saturated heterocycles. The van der Waals surface area contributed by atoms with Gasteiger partial charge in [0.1, 0.15) is 4.99 Å². The predicted molar refractivity (Wildman–Crippen MR) is 131 cm³/mol. The molecule has 0 spiro atoms. The molecule has 2 aromatic carbocycles. The van der Waals surface area contributed by atoms with Crippen molar-refractivity contribution in [3.8, 4) is 11.5 Å². The maximum atomic E-state index is 12.3. The third kappa shape index (κ3) is 6.18. The molecule has 0 aromatic heterocycles. The van der Waals surface area contributed by atoms with Crippen LogP contribution < -0.4 is 14.8 Å². The standard InChI is InChI=1S/C23H28BrN3O3S/c1-4-26-9-11-27(12-10-26)23(31)17-5-8-20(21(14-17)29-3)30-15-22(28)25-19-7-6-18(24)13-16(19)2/h5-8,13-14H,4,9-12,15H2,1-3H3,(H,25,28). The molecule has 1 N–H and O–H groups in total. The molecule has 0 bridgehead atoms. The fourth-order valence-electron chi connectivity index (χ4n) is 3.47. The van der Waals surface area contributed by atoms with E-state index in [1.807, 2.05) is 37.3 Å². The number of carbonyl (C=O) groups is 1. The highest BCUT2D eigenvalue weighted by molar-refractivity contribution is 9.10. The molecular weight excluding hydrogens is 478 g/mol. The Bertz CT molecular complexity index is 946. The van der Waals surface area contributed by atoms with Gasteiger partial charge in [-0.3, -0.25) is 4.79 Å². The number of thiocarbonyl (C=S) groups is 1. The number of amides is 1. The van der Waals surface area contributed by atoms with Gasteiger partial charge in [0.2, 0.25) is 0 Å². The topological polar surface area (TPSA) is 54.0 Å². The minimum atomic E-state index is -0.235. The van der Waals surface area contributed by atoms with Gasteiger partial charge in [-0.1, -0.05) is 35.1 Å². The van der Waals surface area contributed by atoms with E-state index < -0.39 is 0 Å². The van der Waals surface area contributed by atoms with E-state index >= 15 is 0 Å². The van der Waals surface area contributed by atoms with Crippen LogP contribution in [-0.2, 0) is 4.79 Å². The number of aryl methyl sites for hydroxylation is 1. The Labute approximate surface area is 197 Å². The first-order chi connectivity index (χ1) is 14.9. The van der Waals surface area contributed by atoms with Gasteiger partial charge in [0, 0.05) is 41.9 Å². The number of carbonyl (C=O) groups excluding carboxylic acids is 1. The van der Waals surface area contributed by atoms with Gasteiger partial charge < -0.3 is 24.6 Å². The van der Waals surface area contributed by atoms with Gasteiger partial charge in [0.15, 0.2) is 18.1 Å². The van der Waals surface area contributed by atoms with Gasteiger partial charge in [-0.2, -0.15) is 0 Å². The summed E-state index contributed by atoms with van der Waals surface area (Å²) in [6.45, 7) is 8.94. The van der Waals surface area contributed by atoms with Gasteiger partial charge in [0.25, 0.3) is 5.91 Å². The summed E-state index contributed by atoms with van der Waals surface area (Å²) in [6.07, 6.45) is 0. The summed E-state index contributed by atoms with van der Waals surface area (Å²) < 4.78 is 12.2. The van der Waals surface area contributed by atoms with Crippen molar-refractivity contribution in [3.05, 3.63) is 52.0 Å². The van der Waals surface area contributed by atoms with Crippen LogP contribution in [0.5, 0.6) is 11.5 Å². The fourth-order valence-corrected chi connectivity index (χ4v) is 4.25. The lowest BCUT2D eigenvalue weighted by Crippen LogP contribution is -2.48. The molecule has 1 fully saturated rings. The van der Waals surface area contributed by atoms with Gasteiger partial charge in [-0.15, -0.1) is 0 Å². The normalized spacial score (nSPS) is 14.3. The highest BCUT2D eigenvalue weighted by atomic mass is 79.9. The molecule has 0 aliphatic carbocycles. The van der Waals surface area contributed by atoms with Gasteiger partial charge in [-0.05, 0) is 55.4 Å². The Morgan fingerprint density at radius 1 is 1.13 bits per heavy atom. The molecule has 0 unspecified atom stereocenters. The van der Waals surface area contributed by atoms with Crippen molar-refractivity contribution in [1.82, 2.24) is 9.80 Å². The second-order valence-corrected chi connectivity index (χ2v) is 8.69. The molecule has 1 heterocycles. The van der Waals surface area contributed by atoms with Crippen LogP contribution in [0.3, 0.4) is 0 Å². The lowest BCUT2D eigenvalue weighted by atomic mass is 10.1. The largest absolute Gasteiger partial charge is 0.493 e. The first-order valence-corrected chi connectivity index (χ1v) is 11.5. The summed E-state index contributed by atoms with van der Waals surface area (Å²) >= 11 is 9.13. The molecule has 0 atom stereocenters. The zero-order valence-corrected chi connectivity index (χ0v) is 20.5. The van der Waals surface area contributed by atoms with Crippen molar-refractivity contribution in [3.63, 3.8) is 0 Å². The SMILES string of the molecule is CCN1CCN(C(=S)c2ccc(OCC(=O)Nc3ccc(Br)cc3C)c(OC)c2)CC1. The van der Waals surface area contributed by atoms with E-state index in [9.17, 15) is 4.79 Å². The number of nitrogens with zero attached hydrogens (tertiary/aromatic N) is 2. The second kappa shape index (κ2) is 10.9. The Morgan fingerprint density at radius 2 is 1.87 bits per heavy atom. The van der Waals surface area contributed by atoms with E-state index in [4.69, 9.17) is 21.7 Å². The summed E-state index contributed by atoms with van der Waals surface area (Å²) in [7, 11) is 1.58. The van der Waals surface area contributed by atoms with Crippen LogP contribution in [0.1, 0.15) is 18.1 Å². The third-order valence-electron chi connectivity index (χ3n) is 5.34. The zero-order chi connectivity index (χ0) is 22.4. The van der Waals surface area contributed by atoms with Crippen LogP contribution in [0.4, 0.5) is 5.69 Å². The Hall–Kier alpha value is -2.16. The second-order valence-electron chi connectivity index (χ2n) is 7.39. The molecule has 1 amide bonds. The predicted octanol–water partition coefficient (Wildman–Crippen LogP) is 4.10. The number of methoxy groups -OCH3 is 1.